The predicted octanol–water partition coefficient (Wildman–Crippen LogP) is 3.51. The normalized spacial score (nSPS) is 12.0. The van der Waals surface area contributed by atoms with Gasteiger partial charge in [-0.05, 0) is 37.3 Å². The summed E-state index contributed by atoms with van der Waals surface area (Å²) in [4.78, 5) is 0. The zero-order chi connectivity index (χ0) is 15.2. The van der Waals surface area contributed by atoms with Crippen LogP contribution in [0.5, 0.6) is 5.75 Å². The van der Waals surface area contributed by atoms with E-state index in [1.807, 2.05) is 19.1 Å². The molecule has 2 rings (SSSR count). The van der Waals surface area contributed by atoms with E-state index in [9.17, 15) is 13.9 Å². The number of anilines is 1. The molecule has 0 heterocycles. The molecule has 1 atom stereocenters. The maximum atomic E-state index is 13.6. The molecule has 0 aromatic heterocycles. The molecule has 0 bridgehead atoms. The zero-order valence-corrected chi connectivity index (χ0v) is 11.6. The fraction of sp³-hybridized carbons (Fsp3) is 0.250. The maximum absolute atomic E-state index is 13.6. The summed E-state index contributed by atoms with van der Waals surface area (Å²) in [6.07, 6.45) is -1.16. The average molecular weight is 293 g/mol. The molecule has 0 radical (unpaired) electrons. The first-order chi connectivity index (χ1) is 10.1. The minimum absolute atomic E-state index is 0.0461. The second-order valence-electron chi connectivity index (χ2n) is 4.49. The van der Waals surface area contributed by atoms with Gasteiger partial charge in [0.25, 0.3) is 0 Å². The third kappa shape index (κ3) is 3.92. The van der Waals surface area contributed by atoms with E-state index in [1.165, 1.54) is 0 Å². The number of para-hydroxylation sites is 2. The molecule has 0 saturated heterocycles. The zero-order valence-electron chi connectivity index (χ0n) is 11.6. The van der Waals surface area contributed by atoms with Gasteiger partial charge in [0.15, 0.2) is 0 Å². The second-order valence-corrected chi connectivity index (χ2v) is 4.49. The fourth-order valence-corrected chi connectivity index (χ4v) is 1.98. The van der Waals surface area contributed by atoms with E-state index in [4.69, 9.17) is 4.74 Å². The molecule has 2 N–H and O–H groups in total. The summed E-state index contributed by atoms with van der Waals surface area (Å²) in [5, 5.41) is 13.0. The Hall–Kier alpha value is -2.14. The van der Waals surface area contributed by atoms with Crippen LogP contribution < -0.4 is 10.1 Å². The third-order valence-corrected chi connectivity index (χ3v) is 2.99. The van der Waals surface area contributed by atoms with Crippen LogP contribution in [-0.4, -0.2) is 18.3 Å². The van der Waals surface area contributed by atoms with E-state index < -0.39 is 17.7 Å². The van der Waals surface area contributed by atoms with E-state index in [-0.39, 0.29) is 12.1 Å². The molecule has 0 aliphatic heterocycles. The Morgan fingerprint density at radius 2 is 1.95 bits per heavy atom. The quantitative estimate of drug-likeness (QED) is 0.856. The number of benzene rings is 2. The lowest BCUT2D eigenvalue weighted by Crippen LogP contribution is -2.14. The first-order valence-corrected chi connectivity index (χ1v) is 6.70. The van der Waals surface area contributed by atoms with Gasteiger partial charge in [0, 0.05) is 12.1 Å². The smallest absolute Gasteiger partial charge is 0.142 e. The Morgan fingerprint density at radius 1 is 1.19 bits per heavy atom. The highest BCUT2D eigenvalue weighted by Gasteiger charge is 2.14. The van der Waals surface area contributed by atoms with E-state index in [0.29, 0.717) is 18.0 Å². The van der Waals surface area contributed by atoms with E-state index in [1.54, 1.807) is 12.1 Å². The molecule has 0 spiro atoms. The van der Waals surface area contributed by atoms with Crippen molar-refractivity contribution in [3.63, 3.8) is 0 Å². The van der Waals surface area contributed by atoms with Crippen molar-refractivity contribution in [3.05, 3.63) is 59.7 Å². The number of aliphatic hydroxyl groups is 1. The molecule has 1 unspecified atom stereocenters. The van der Waals surface area contributed by atoms with E-state index >= 15 is 0 Å². The Morgan fingerprint density at radius 3 is 2.71 bits per heavy atom. The van der Waals surface area contributed by atoms with Crippen LogP contribution >= 0.6 is 0 Å². The fourth-order valence-electron chi connectivity index (χ4n) is 1.98. The summed E-state index contributed by atoms with van der Waals surface area (Å²) in [5.74, 6) is -0.573. The number of halogens is 2. The van der Waals surface area contributed by atoms with Gasteiger partial charge in [-0.15, -0.1) is 0 Å². The van der Waals surface area contributed by atoms with Crippen LogP contribution in [0.4, 0.5) is 14.5 Å². The Balaban J connectivity index is 2.07. The summed E-state index contributed by atoms with van der Waals surface area (Å²) in [7, 11) is 0. The van der Waals surface area contributed by atoms with Gasteiger partial charge in [-0.3, -0.25) is 0 Å². The molecule has 0 amide bonds. The molecule has 0 saturated carbocycles. The Labute approximate surface area is 122 Å². The van der Waals surface area contributed by atoms with Gasteiger partial charge in [-0.1, -0.05) is 12.1 Å². The number of ether oxygens (including phenoxy) is 1. The summed E-state index contributed by atoms with van der Waals surface area (Å²) >= 11 is 0. The van der Waals surface area contributed by atoms with Crippen LogP contribution in [0.15, 0.2) is 42.5 Å². The summed E-state index contributed by atoms with van der Waals surface area (Å²) in [6, 6.07) is 10.3. The van der Waals surface area contributed by atoms with Crippen molar-refractivity contribution < 1.29 is 18.6 Å². The van der Waals surface area contributed by atoms with Crippen molar-refractivity contribution >= 4 is 5.69 Å². The number of aliphatic hydroxyl groups excluding tert-OH is 1. The first-order valence-electron chi connectivity index (χ1n) is 6.70. The highest BCUT2D eigenvalue weighted by molar-refractivity contribution is 5.56. The Kier molecular flexibility index (Phi) is 5.11. The molecular formula is C16H17F2NO2. The van der Waals surface area contributed by atoms with Gasteiger partial charge >= 0.3 is 0 Å². The monoisotopic (exact) mass is 293 g/mol. The van der Waals surface area contributed by atoms with Gasteiger partial charge in [0.1, 0.15) is 17.4 Å². The second kappa shape index (κ2) is 7.04. The van der Waals surface area contributed by atoms with Gasteiger partial charge in [0.05, 0.1) is 18.4 Å². The molecule has 5 heteroatoms. The minimum atomic E-state index is -1.16. The molecule has 3 nitrogen and oxygen atoms in total. The minimum Gasteiger partial charge on any atom is -0.492 e. The van der Waals surface area contributed by atoms with Crippen LogP contribution in [0.3, 0.4) is 0 Å². The number of rotatable bonds is 6. The first kappa shape index (κ1) is 15.3. The number of hydrogen-bond donors (Lipinski definition) is 2. The van der Waals surface area contributed by atoms with Crippen molar-refractivity contribution in [1.82, 2.24) is 0 Å². The van der Waals surface area contributed by atoms with Gasteiger partial charge in [0.2, 0.25) is 0 Å². The lowest BCUT2D eigenvalue weighted by molar-refractivity contribution is 0.186. The van der Waals surface area contributed by atoms with Crippen molar-refractivity contribution in [1.29, 1.82) is 0 Å². The Bertz CT molecular complexity index is 605. The highest BCUT2D eigenvalue weighted by atomic mass is 19.1. The van der Waals surface area contributed by atoms with Gasteiger partial charge < -0.3 is 15.2 Å². The molecule has 2 aromatic rings. The van der Waals surface area contributed by atoms with Crippen LogP contribution in [0.2, 0.25) is 0 Å². The number of nitrogens with one attached hydrogen (secondary N) is 1. The molecule has 2 aromatic carbocycles. The molecule has 0 aliphatic rings. The maximum Gasteiger partial charge on any atom is 0.142 e. The van der Waals surface area contributed by atoms with Crippen LogP contribution in [0.25, 0.3) is 0 Å². The van der Waals surface area contributed by atoms with Gasteiger partial charge in [-0.2, -0.15) is 0 Å². The average Bonchev–Trinajstić information content (AvgIpc) is 2.49. The molecular weight excluding hydrogens is 276 g/mol. The lowest BCUT2D eigenvalue weighted by atomic mass is 10.1. The van der Waals surface area contributed by atoms with Gasteiger partial charge in [-0.25, -0.2) is 8.78 Å². The molecule has 0 aliphatic carbocycles. The molecule has 112 valence electrons. The van der Waals surface area contributed by atoms with Crippen molar-refractivity contribution in [2.75, 3.05) is 18.5 Å². The standard InChI is InChI=1S/C16H17F2NO2/c1-2-21-16-6-4-3-5-14(16)19-10-15(20)12-9-11(17)7-8-13(12)18/h3-9,15,19-20H,2,10H2,1H3. The summed E-state index contributed by atoms with van der Waals surface area (Å²) in [5.41, 5.74) is 0.617. The third-order valence-electron chi connectivity index (χ3n) is 2.99. The highest BCUT2D eigenvalue weighted by Crippen LogP contribution is 2.25. The van der Waals surface area contributed by atoms with E-state index in [0.717, 1.165) is 18.2 Å². The van der Waals surface area contributed by atoms with Crippen molar-refractivity contribution in [2.45, 2.75) is 13.0 Å². The molecule has 0 fully saturated rings. The summed E-state index contributed by atoms with van der Waals surface area (Å²) in [6.45, 7) is 2.43. The number of hydrogen-bond acceptors (Lipinski definition) is 3. The largest absolute Gasteiger partial charge is 0.492 e. The SMILES string of the molecule is CCOc1ccccc1NCC(O)c1cc(F)ccc1F. The lowest BCUT2D eigenvalue weighted by Gasteiger charge is -2.16. The predicted molar refractivity (Wildman–Crippen MR) is 77.4 cm³/mol. The van der Waals surface area contributed by atoms with Crippen LogP contribution in [-0.2, 0) is 0 Å². The van der Waals surface area contributed by atoms with E-state index in [2.05, 4.69) is 5.32 Å². The van der Waals surface area contributed by atoms with Crippen LogP contribution in [0, 0.1) is 11.6 Å². The van der Waals surface area contributed by atoms with Crippen molar-refractivity contribution in [2.24, 2.45) is 0 Å². The van der Waals surface area contributed by atoms with Crippen molar-refractivity contribution in [3.8, 4) is 5.75 Å². The summed E-state index contributed by atoms with van der Waals surface area (Å²) < 4.78 is 32.1. The molecule has 21 heavy (non-hydrogen) atoms. The topological polar surface area (TPSA) is 41.5 Å². The van der Waals surface area contributed by atoms with Crippen LogP contribution in [0.1, 0.15) is 18.6 Å².